The van der Waals surface area contributed by atoms with Crippen LogP contribution in [0, 0.1) is 5.82 Å². The summed E-state index contributed by atoms with van der Waals surface area (Å²) in [6.45, 7) is 19.1. The average molecular weight is 991 g/mol. The van der Waals surface area contributed by atoms with Crippen LogP contribution in [0.2, 0.25) is 5.15 Å². The minimum absolute atomic E-state index is 0.103. The fourth-order valence-electron chi connectivity index (χ4n) is 6.68. The first-order valence-corrected chi connectivity index (χ1v) is 22.5. The van der Waals surface area contributed by atoms with Crippen molar-refractivity contribution in [2.24, 2.45) is 0 Å². The summed E-state index contributed by atoms with van der Waals surface area (Å²) in [6, 6.07) is 6.10. The molecule has 376 valence electrons. The molecule has 7 aromatic heterocycles. The lowest BCUT2D eigenvalue weighted by atomic mass is 10.1. The highest BCUT2D eigenvalue weighted by atomic mass is 35.5. The third-order valence-electron chi connectivity index (χ3n) is 9.51. The van der Waals surface area contributed by atoms with Crippen LogP contribution in [-0.4, -0.2) is 105 Å². The van der Waals surface area contributed by atoms with Crippen LogP contribution in [0.25, 0.3) is 32.7 Å². The normalized spacial score (nSPS) is 12.2. The van der Waals surface area contributed by atoms with Gasteiger partial charge in [0.05, 0.1) is 87.3 Å². The molecule has 10 N–H and O–H groups in total. The third-order valence-corrected chi connectivity index (χ3v) is 9.71. The average Bonchev–Trinajstić information content (AvgIpc) is 3.23. The van der Waals surface area contributed by atoms with Crippen molar-refractivity contribution in [2.45, 2.75) is 112 Å². The summed E-state index contributed by atoms with van der Waals surface area (Å²) in [7, 11) is 0. The molecule has 0 saturated heterocycles. The zero-order chi connectivity index (χ0) is 51.9. The van der Waals surface area contributed by atoms with Crippen LogP contribution in [0.15, 0.2) is 63.8 Å². The summed E-state index contributed by atoms with van der Waals surface area (Å²) < 4.78 is 17.9. The van der Waals surface area contributed by atoms with Crippen LogP contribution < -0.4 is 43.7 Å². The Hall–Kier alpha value is -6.92. The minimum Gasteiger partial charge on any atom is -0.395 e. The van der Waals surface area contributed by atoms with Crippen molar-refractivity contribution in [1.82, 2.24) is 48.6 Å². The molecule has 70 heavy (non-hydrogen) atoms. The second kappa shape index (κ2) is 22.2. The van der Waals surface area contributed by atoms with E-state index < -0.39 is 17.5 Å². The van der Waals surface area contributed by atoms with Crippen LogP contribution in [0.1, 0.15) is 80.9 Å². The molecule has 0 aliphatic carbocycles. The number of halogens is 2. The van der Waals surface area contributed by atoms with Gasteiger partial charge in [-0.1, -0.05) is 11.6 Å². The number of aromatic nitrogens is 10. The molecule has 0 amide bonds. The van der Waals surface area contributed by atoms with Crippen LogP contribution >= 0.6 is 11.6 Å². The second-order valence-electron chi connectivity index (χ2n) is 19.1. The van der Waals surface area contributed by atoms with Gasteiger partial charge in [0.1, 0.15) is 62.0 Å². The van der Waals surface area contributed by atoms with Gasteiger partial charge in [0.2, 0.25) is 0 Å². The highest BCUT2D eigenvalue weighted by Gasteiger charge is 2.21. The second-order valence-corrected chi connectivity index (χ2v) is 19.5. The summed E-state index contributed by atoms with van der Waals surface area (Å²) in [4.78, 5) is 67.3. The van der Waals surface area contributed by atoms with Gasteiger partial charge in [0, 0.05) is 40.4 Å². The van der Waals surface area contributed by atoms with E-state index in [1.165, 1.54) is 45.7 Å². The van der Waals surface area contributed by atoms with Crippen molar-refractivity contribution >= 4 is 79.2 Å². The largest absolute Gasteiger partial charge is 0.395 e. The number of anilines is 6. The summed E-state index contributed by atoms with van der Waals surface area (Å²) in [5.41, 5.74) is 5.48. The molecule has 24 heteroatoms. The first kappa shape index (κ1) is 54.0. The zero-order valence-electron chi connectivity index (χ0n) is 40.8. The highest BCUT2D eigenvalue weighted by Crippen LogP contribution is 2.28. The number of nitrogens with one attached hydrogen (secondary N) is 4. The summed E-state index contributed by atoms with van der Waals surface area (Å²) in [5.74, 6) is 1.47. The Balaban J connectivity index is 0.000000202. The molecule has 0 aliphatic heterocycles. The molecule has 0 aliphatic rings. The predicted octanol–water partition coefficient (Wildman–Crippen LogP) is 4.55. The molecule has 7 rings (SSSR count). The predicted molar refractivity (Wildman–Crippen MR) is 270 cm³/mol. The number of aliphatic hydroxyl groups is 4. The molecule has 0 aromatic carbocycles. The lowest BCUT2D eigenvalue weighted by Crippen LogP contribution is -2.29. The molecule has 0 spiro atoms. The third kappa shape index (κ3) is 14.1. The summed E-state index contributed by atoms with van der Waals surface area (Å²) in [6.07, 6.45) is 4.20. The lowest BCUT2D eigenvalue weighted by molar-refractivity contribution is 0.194. The van der Waals surface area contributed by atoms with Crippen molar-refractivity contribution in [1.29, 1.82) is 0 Å². The Morgan fingerprint density at radius 3 is 1.43 bits per heavy atom. The first-order chi connectivity index (χ1) is 32.7. The van der Waals surface area contributed by atoms with Gasteiger partial charge in [-0.25, -0.2) is 39.3 Å². The van der Waals surface area contributed by atoms with Gasteiger partial charge in [-0.3, -0.25) is 28.1 Å². The maximum Gasteiger partial charge on any atom is 0.265 e. The van der Waals surface area contributed by atoms with Gasteiger partial charge >= 0.3 is 0 Å². The fourth-order valence-corrected chi connectivity index (χ4v) is 6.87. The maximum atomic E-state index is 13.8. The van der Waals surface area contributed by atoms with Crippen LogP contribution in [0.3, 0.4) is 0 Å². The van der Waals surface area contributed by atoms with E-state index >= 15 is 0 Å². The van der Waals surface area contributed by atoms with Crippen LogP contribution in [0.5, 0.6) is 0 Å². The van der Waals surface area contributed by atoms with Crippen LogP contribution in [0.4, 0.5) is 39.3 Å². The molecule has 0 saturated carbocycles. The van der Waals surface area contributed by atoms with Crippen molar-refractivity contribution in [3.05, 3.63) is 97.0 Å². The Bertz CT molecular complexity index is 3040. The van der Waals surface area contributed by atoms with Gasteiger partial charge < -0.3 is 47.4 Å². The quantitative estimate of drug-likeness (QED) is 0.0759. The number of nitrogen functional groups attached to an aromatic ring is 1. The number of hydrogen-bond donors (Lipinski definition) is 9. The molecule has 7 heterocycles. The lowest BCUT2D eigenvalue weighted by Gasteiger charge is -2.23. The van der Waals surface area contributed by atoms with E-state index in [0.717, 1.165) is 6.20 Å². The molecular formula is C46H61ClFN15O7. The number of pyridine rings is 4. The molecule has 22 nitrogen and oxygen atoms in total. The number of nitrogens with zero attached hydrogens (tertiary/aromatic N) is 10. The summed E-state index contributed by atoms with van der Waals surface area (Å²) in [5, 5.41) is 50.7. The smallest absolute Gasteiger partial charge is 0.265 e. The molecule has 7 aromatic rings. The Morgan fingerprint density at radius 1 is 0.614 bits per heavy atom. The van der Waals surface area contributed by atoms with Crippen molar-refractivity contribution in [3.63, 3.8) is 0 Å². The van der Waals surface area contributed by atoms with E-state index in [-0.39, 0.29) is 83.7 Å². The number of nitrogens with two attached hydrogens (primary N) is 1. The number of fused-ring (bicyclic) bond motifs is 3. The van der Waals surface area contributed by atoms with E-state index in [2.05, 4.69) is 56.2 Å². The summed E-state index contributed by atoms with van der Waals surface area (Å²) >= 11 is 5.97. The maximum absolute atomic E-state index is 13.8. The molecule has 0 bridgehead atoms. The van der Waals surface area contributed by atoms with Crippen molar-refractivity contribution in [2.75, 3.05) is 46.8 Å². The monoisotopic (exact) mass is 989 g/mol. The van der Waals surface area contributed by atoms with E-state index in [4.69, 9.17) is 27.5 Å². The van der Waals surface area contributed by atoms with Crippen molar-refractivity contribution in [3.8, 4) is 0 Å². The number of rotatable bonds is 12. The van der Waals surface area contributed by atoms with Gasteiger partial charge in [-0.15, -0.1) is 0 Å². The van der Waals surface area contributed by atoms with Crippen molar-refractivity contribution < 1.29 is 24.8 Å². The molecule has 1 atom stereocenters. The molecular weight excluding hydrogens is 929 g/mol. The van der Waals surface area contributed by atoms with E-state index in [0.29, 0.717) is 61.8 Å². The van der Waals surface area contributed by atoms with Gasteiger partial charge in [-0.2, -0.15) is 0 Å². The van der Waals surface area contributed by atoms with Gasteiger partial charge in [0.15, 0.2) is 0 Å². The molecule has 0 radical (unpaired) electrons. The Labute approximate surface area is 406 Å². The Kier molecular flexibility index (Phi) is 17.2. The standard InChI is InChI=1S/C20H25FN6O3.C13H17ClN4O2.C13H19N5O2/c1-11(29)12-7-15(22-9-13(12)21)24-16-8-14-17(18(25-16)26-20(2,3)4)19(30)27(5-6-28)10-23-14;2*1-13(2,3)17-11-10-8(6-9(14)16-11)15-7-18(4-5-19)12(10)20/h7-11,28-29H,5-6H2,1-4H3,(H2,22,24,25,26);6-7,19H,4-5H2,1-3H3,(H,16,17);6-7,19H,4-5H2,1-3H3,(H3,14,16,17). The van der Waals surface area contributed by atoms with Gasteiger partial charge in [-0.05, 0) is 75.3 Å². The minimum atomic E-state index is -0.997. The highest BCUT2D eigenvalue weighted by molar-refractivity contribution is 6.30. The number of hydrogen-bond acceptors (Lipinski definition) is 19. The molecule has 0 fully saturated rings. The van der Waals surface area contributed by atoms with E-state index in [1.807, 2.05) is 62.3 Å². The van der Waals surface area contributed by atoms with E-state index in [1.54, 1.807) is 18.2 Å². The zero-order valence-corrected chi connectivity index (χ0v) is 41.5. The first-order valence-electron chi connectivity index (χ1n) is 22.1. The molecule has 1 unspecified atom stereocenters. The van der Waals surface area contributed by atoms with E-state index in [9.17, 15) is 29.0 Å². The topological polar surface area (TPSA) is 311 Å². The Morgan fingerprint density at radius 2 is 1.01 bits per heavy atom. The van der Waals surface area contributed by atoms with Crippen LogP contribution in [-0.2, 0) is 19.6 Å². The SMILES string of the molecule is CC(C)(C)Nc1nc(Cl)cc2ncn(CCO)c(=O)c12.CC(C)(C)Nc1nc(N)cc2ncn(CCO)c(=O)c12.CC(O)c1cc(Nc2cc3ncn(CCO)c(=O)c3c(NC(C)(C)C)n2)ncc1F. The number of aliphatic hydroxyl groups excluding tert-OH is 4. The fraction of sp³-hybridized carbons (Fsp3) is 0.435. The van der Waals surface area contributed by atoms with Gasteiger partial charge in [0.25, 0.3) is 16.7 Å².